The van der Waals surface area contributed by atoms with Gasteiger partial charge < -0.3 is 15.1 Å². The van der Waals surface area contributed by atoms with E-state index in [1.54, 1.807) is 12.1 Å². The summed E-state index contributed by atoms with van der Waals surface area (Å²) >= 11 is 0. The molecule has 8 nitrogen and oxygen atoms in total. The van der Waals surface area contributed by atoms with E-state index in [1.807, 2.05) is 31.3 Å². The van der Waals surface area contributed by atoms with Gasteiger partial charge in [-0.15, -0.1) is 0 Å². The maximum absolute atomic E-state index is 10.6. The third-order valence-electron chi connectivity index (χ3n) is 3.87. The lowest BCUT2D eigenvalue weighted by Gasteiger charge is -2.18. The number of nitro groups is 1. The van der Waals surface area contributed by atoms with E-state index in [4.69, 9.17) is 0 Å². The Morgan fingerprint density at radius 3 is 2.19 bits per heavy atom. The van der Waals surface area contributed by atoms with Crippen molar-refractivity contribution in [3.8, 4) is 0 Å². The maximum atomic E-state index is 10.6. The van der Waals surface area contributed by atoms with Gasteiger partial charge in [0.1, 0.15) is 0 Å². The van der Waals surface area contributed by atoms with Crippen LogP contribution in [0.2, 0.25) is 0 Å². The standard InChI is InChI=1S/C18H20N6O2/c1-22-12-13-23(14-22)11-10-19-15-2-4-16(5-3-15)20-21-17-6-8-18(9-7-17)24(25)26/h2-9,12-13,19H,10-11,14H2,1H3. The molecule has 0 saturated carbocycles. The predicted octanol–water partition coefficient (Wildman–Crippen LogP) is 4.10. The maximum Gasteiger partial charge on any atom is 0.269 e. The molecule has 2 aromatic carbocycles. The summed E-state index contributed by atoms with van der Waals surface area (Å²) in [5.41, 5.74) is 2.35. The molecule has 0 amide bonds. The van der Waals surface area contributed by atoms with Crippen LogP contribution in [0.4, 0.5) is 22.7 Å². The number of anilines is 1. The fourth-order valence-corrected chi connectivity index (χ4v) is 2.48. The minimum Gasteiger partial charge on any atom is -0.383 e. The summed E-state index contributed by atoms with van der Waals surface area (Å²) in [7, 11) is 2.05. The lowest BCUT2D eigenvalue weighted by atomic mass is 10.3. The van der Waals surface area contributed by atoms with E-state index < -0.39 is 4.92 Å². The number of nitrogens with zero attached hydrogens (tertiary/aromatic N) is 5. The first kappa shape index (κ1) is 17.4. The van der Waals surface area contributed by atoms with Gasteiger partial charge in [-0.25, -0.2) is 0 Å². The Morgan fingerprint density at radius 1 is 1.04 bits per heavy atom. The van der Waals surface area contributed by atoms with Crippen LogP contribution in [0.25, 0.3) is 0 Å². The second kappa shape index (κ2) is 8.11. The fraction of sp³-hybridized carbons (Fsp3) is 0.222. The molecule has 26 heavy (non-hydrogen) atoms. The van der Waals surface area contributed by atoms with Crippen molar-refractivity contribution in [2.75, 3.05) is 32.1 Å². The largest absolute Gasteiger partial charge is 0.383 e. The van der Waals surface area contributed by atoms with Crippen LogP contribution in [-0.4, -0.2) is 41.5 Å². The zero-order valence-electron chi connectivity index (χ0n) is 14.4. The quantitative estimate of drug-likeness (QED) is 0.460. The molecular formula is C18H20N6O2. The number of nitro benzene ring substituents is 1. The van der Waals surface area contributed by atoms with E-state index in [0.717, 1.165) is 31.1 Å². The van der Waals surface area contributed by atoms with Crippen LogP contribution in [0.15, 0.2) is 71.2 Å². The lowest BCUT2D eigenvalue weighted by molar-refractivity contribution is -0.384. The highest BCUT2D eigenvalue weighted by atomic mass is 16.6. The monoisotopic (exact) mass is 352 g/mol. The number of azo groups is 1. The molecule has 0 aromatic heterocycles. The van der Waals surface area contributed by atoms with Crippen molar-refractivity contribution in [3.63, 3.8) is 0 Å². The molecule has 1 aliphatic heterocycles. The van der Waals surface area contributed by atoms with E-state index in [0.29, 0.717) is 5.69 Å². The zero-order valence-corrected chi connectivity index (χ0v) is 14.4. The van der Waals surface area contributed by atoms with Crippen molar-refractivity contribution < 1.29 is 4.92 Å². The van der Waals surface area contributed by atoms with Gasteiger partial charge in [-0.1, -0.05) is 0 Å². The van der Waals surface area contributed by atoms with Crippen molar-refractivity contribution in [2.45, 2.75) is 0 Å². The van der Waals surface area contributed by atoms with Gasteiger partial charge in [0.25, 0.3) is 5.69 Å². The summed E-state index contributed by atoms with van der Waals surface area (Å²) in [4.78, 5) is 14.6. The normalized spacial score (nSPS) is 13.6. The van der Waals surface area contributed by atoms with Gasteiger partial charge in [0, 0.05) is 50.4 Å². The van der Waals surface area contributed by atoms with Crippen LogP contribution in [0.3, 0.4) is 0 Å². The van der Waals surface area contributed by atoms with Gasteiger partial charge in [0.05, 0.1) is 23.0 Å². The first-order valence-corrected chi connectivity index (χ1v) is 8.23. The first-order valence-electron chi connectivity index (χ1n) is 8.23. The summed E-state index contributed by atoms with van der Waals surface area (Å²) in [5.74, 6) is 0. The molecule has 0 bridgehead atoms. The topological polar surface area (TPSA) is 86.4 Å². The molecule has 134 valence electrons. The molecule has 0 radical (unpaired) electrons. The molecule has 8 heteroatoms. The van der Waals surface area contributed by atoms with Gasteiger partial charge in [-0.05, 0) is 36.4 Å². The Balaban J connectivity index is 1.49. The minimum absolute atomic E-state index is 0.0374. The number of nitrogens with one attached hydrogen (secondary N) is 1. The van der Waals surface area contributed by atoms with E-state index >= 15 is 0 Å². The second-order valence-corrected chi connectivity index (χ2v) is 5.96. The molecule has 2 aromatic rings. The van der Waals surface area contributed by atoms with Crippen LogP contribution in [0.5, 0.6) is 0 Å². The van der Waals surface area contributed by atoms with Crippen molar-refractivity contribution in [1.29, 1.82) is 0 Å². The van der Waals surface area contributed by atoms with Gasteiger partial charge >= 0.3 is 0 Å². The zero-order chi connectivity index (χ0) is 18.4. The summed E-state index contributed by atoms with van der Waals surface area (Å²) in [6.45, 7) is 2.70. The molecule has 0 atom stereocenters. The van der Waals surface area contributed by atoms with Crippen LogP contribution in [0.1, 0.15) is 0 Å². The van der Waals surface area contributed by atoms with Crippen molar-refractivity contribution >= 4 is 22.7 Å². The van der Waals surface area contributed by atoms with Crippen molar-refractivity contribution in [3.05, 3.63) is 71.0 Å². The number of rotatable bonds is 7. The lowest BCUT2D eigenvalue weighted by Crippen LogP contribution is -2.27. The predicted molar refractivity (Wildman–Crippen MR) is 101 cm³/mol. The SMILES string of the molecule is CN1C=CN(CCNc2ccc(N=Nc3ccc([N+](=O)[O-])cc3)cc2)C1. The number of hydrogen-bond donors (Lipinski definition) is 1. The van der Waals surface area contributed by atoms with Crippen LogP contribution < -0.4 is 5.32 Å². The van der Waals surface area contributed by atoms with Crippen LogP contribution in [-0.2, 0) is 0 Å². The van der Waals surface area contributed by atoms with Crippen LogP contribution in [0, 0.1) is 10.1 Å². The summed E-state index contributed by atoms with van der Waals surface area (Å²) in [5, 5.41) is 22.2. The molecule has 0 fully saturated rings. The van der Waals surface area contributed by atoms with E-state index in [2.05, 4.69) is 37.7 Å². The Kier molecular flexibility index (Phi) is 5.43. The highest BCUT2D eigenvalue weighted by molar-refractivity contribution is 5.51. The summed E-state index contributed by atoms with van der Waals surface area (Å²) < 4.78 is 0. The Morgan fingerprint density at radius 2 is 1.65 bits per heavy atom. The summed E-state index contributed by atoms with van der Waals surface area (Å²) in [6, 6.07) is 13.6. The first-order chi connectivity index (χ1) is 12.6. The average Bonchev–Trinajstić information content (AvgIpc) is 3.06. The molecule has 0 saturated heterocycles. The highest BCUT2D eigenvalue weighted by Crippen LogP contribution is 2.22. The highest BCUT2D eigenvalue weighted by Gasteiger charge is 2.07. The molecule has 1 aliphatic rings. The van der Waals surface area contributed by atoms with E-state index in [-0.39, 0.29) is 5.69 Å². The summed E-state index contributed by atoms with van der Waals surface area (Å²) in [6.07, 6.45) is 4.15. The third-order valence-corrected chi connectivity index (χ3v) is 3.87. The van der Waals surface area contributed by atoms with Gasteiger partial charge in [-0.2, -0.15) is 10.2 Å². The smallest absolute Gasteiger partial charge is 0.269 e. The number of hydrogen-bond acceptors (Lipinski definition) is 7. The fourth-order valence-electron chi connectivity index (χ4n) is 2.48. The molecule has 0 aliphatic carbocycles. The minimum atomic E-state index is -0.440. The molecule has 0 spiro atoms. The van der Waals surface area contributed by atoms with Gasteiger partial charge in [0.15, 0.2) is 0 Å². The van der Waals surface area contributed by atoms with Crippen LogP contribution >= 0.6 is 0 Å². The van der Waals surface area contributed by atoms with Gasteiger partial charge in [-0.3, -0.25) is 10.1 Å². The molecule has 1 heterocycles. The Labute approximate surface area is 151 Å². The third kappa shape index (κ3) is 4.79. The Bertz CT molecular complexity index is 801. The second-order valence-electron chi connectivity index (χ2n) is 5.96. The number of non-ortho nitro benzene ring substituents is 1. The van der Waals surface area contributed by atoms with E-state index in [1.165, 1.54) is 12.1 Å². The molecule has 3 rings (SSSR count). The molecular weight excluding hydrogens is 332 g/mol. The van der Waals surface area contributed by atoms with E-state index in [9.17, 15) is 10.1 Å². The van der Waals surface area contributed by atoms with Gasteiger partial charge in [0.2, 0.25) is 0 Å². The molecule has 1 N–H and O–H groups in total. The Hall–Kier alpha value is -3.42. The molecule has 0 unspecified atom stereocenters. The number of benzene rings is 2. The average molecular weight is 352 g/mol. The van der Waals surface area contributed by atoms with Crippen molar-refractivity contribution in [1.82, 2.24) is 9.80 Å². The van der Waals surface area contributed by atoms with Crippen molar-refractivity contribution in [2.24, 2.45) is 10.2 Å².